The summed E-state index contributed by atoms with van der Waals surface area (Å²) in [6.45, 7) is 3.50. The van der Waals surface area contributed by atoms with Gasteiger partial charge in [-0.1, -0.05) is 0 Å². The van der Waals surface area contributed by atoms with Gasteiger partial charge in [-0.2, -0.15) is 4.57 Å². The number of rotatable bonds is 8. The molecule has 0 bridgehead atoms. The van der Waals surface area contributed by atoms with Crippen LogP contribution in [-0.4, -0.2) is 47.8 Å². The van der Waals surface area contributed by atoms with Gasteiger partial charge in [0.15, 0.2) is 6.54 Å². The number of nitrogens with two attached hydrogens (primary N) is 1. The summed E-state index contributed by atoms with van der Waals surface area (Å²) in [5.41, 5.74) is 10.6. The Bertz CT molecular complexity index is 858. The first-order chi connectivity index (χ1) is 13.0. The molecule has 0 radical (unpaired) electrons. The Kier molecular flexibility index (Phi) is 8.27. The van der Waals surface area contributed by atoms with E-state index in [1.54, 1.807) is 0 Å². The van der Waals surface area contributed by atoms with E-state index in [4.69, 9.17) is 5.73 Å². The van der Waals surface area contributed by atoms with Gasteiger partial charge in [-0.05, 0) is 30.3 Å². The highest BCUT2D eigenvalue weighted by molar-refractivity contribution is 5.91. The molecule has 3 rings (SSSR count). The number of benzene rings is 2. The Balaban J connectivity index is 0.00000280. The average Bonchev–Trinajstić information content (AvgIpc) is 2.66. The Morgan fingerprint density at radius 2 is 1.36 bits per heavy atom. The zero-order valence-corrected chi connectivity index (χ0v) is 19.5. The van der Waals surface area contributed by atoms with Gasteiger partial charge in [0.05, 0.1) is 0 Å². The average molecular weight is 493 g/mol. The summed E-state index contributed by atoms with van der Waals surface area (Å²) < 4.78 is 2.47. The molecule has 6 heteroatoms. The van der Waals surface area contributed by atoms with Gasteiger partial charge in [-0.25, -0.2) is 0 Å². The molecule has 1 aromatic heterocycles. The third kappa shape index (κ3) is 5.04. The van der Waals surface area contributed by atoms with E-state index in [2.05, 4.69) is 90.3 Å². The number of nitrogens with zero attached hydrogens (tertiary/aromatic N) is 3. The maximum Gasteiger partial charge on any atom is 0.215 e. The van der Waals surface area contributed by atoms with Crippen molar-refractivity contribution in [3.05, 3.63) is 42.5 Å². The maximum atomic E-state index is 5.58. The summed E-state index contributed by atoms with van der Waals surface area (Å²) in [6.07, 6.45) is 1.07. The molecule has 0 unspecified atom stereocenters. The molecule has 5 nitrogen and oxygen atoms in total. The maximum absolute atomic E-state index is 5.58. The van der Waals surface area contributed by atoms with Crippen molar-refractivity contribution < 1.29 is 28.5 Å². The van der Waals surface area contributed by atoms with Crippen molar-refractivity contribution in [2.24, 2.45) is 5.73 Å². The van der Waals surface area contributed by atoms with Crippen LogP contribution in [0.4, 0.5) is 11.4 Å². The van der Waals surface area contributed by atoms with E-state index in [1.807, 2.05) is 0 Å². The molecule has 0 aliphatic heterocycles. The van der Waals surface area contributed by atoms with E-state index in [-0.39, 0.29) is 24.0 Å². The van der Waals surface area contributed by atoms with Gasteiger partial charge in [0.1, 0.15) is 0 Å². The van der Waals surface area contributed by atoms with Crippen molar-refractivity contribution in [3.8, 4) is 0 Å². The van der Waals surface area contributed by atoms with Crippen LogP contribution in [0.5, 0.6) is 0 Å². The van der Waals surface area contributed by atoms with Gasteiger partial charge < -0.3 is 44.8 Å². The van der Waals surface area contributed by atoms with Gasteiger partial charge in [-0.3, -0.25) is 0 Å². The largest absolute Gasteiger partial charge is 1.00 e. The fraction of sp³-hybridized carbons (Fsp3) is 0.409. The quantitative estimate of drug-likeness (QED) is 0.190. The first-order valence-electron chi connectivity index (χ1n) is 9.67. The Labute approximate surface area is 185 Å². The molecule has 28 heavy (non-hydrogen) atoms. The summed E-state index contributed by atoms with van der Waals surface area (Å²) >= 11 is 0. The molecule has 3 aromatic rings. The van der Waals surface area contributed by atoms with Crippen molar-refractivity contribution in [2.45, 2.75) is 13.0 Å². The van der Waals surface area contributed by atoms with Crippen molar-refractivity contribution >= 4 is 33.2 Å². The molecule has 3 N–H and O–H groups in total. The highest BCUT2D eigenvalue weighted by atomic mass is 127. The summed E-state index contributed by atoms with van der Waals surface area (Å²) in [7, 11) is 8.36. The lowest BCUT2D eigenvalue weighted by molar-refractivity contribution is -0.645. The number of pyridine rings is 1. The molecule has 0 amide bonds. The van der Waals surface area contributed by atoms with E-state index in [0.717, 1.165) is 26.1 Å². The molecule has 2 aromatic carbocycles. The lowest BCUT2D eigenvalue weighted by Crippen LogP contribution is -3.00. The molecule has 0 spiro atoms. The zero-order valence-electron chi connectivity index (χ0n) is 17.4. The summed E-state index contributed by atoms with van der Waals surface area (Å²) in [5.74, 6) is 0. The number of halogens is 1. The van der Waals surface area contributed by atoms with E-state index in [9.17, 15) is 0 Å². The first-order valence-corrected chi connectivity index (χ1v) is 9.67. The number of anilines is 2. The summed E-state index contributed by atoms with van der Waals surface area (Å²) in [4.78, 5) is 4.32. The second-order valence-electron chi connectivity index (χ2n) is 7.46. The molecular formula is C22H32IN5. The molecule has 152 valence electrons. The van der Waals surface area contributed by atoms with Crippen LogP contribution < -0.4 is 49.4 Å². The van der Waals surface area contributed by atoms with Gasteiger partial charge >= 0.3 is 0 Å². The van der Waals surface area contributed by atoms with Crippen LogP contribution >= 0.6 is 0 Å². The standard InChI is InChI=1S/C22H32N5.HI/c1-25(2)19-8-6-17-14-18-7-9-20(26(3)4)16-22(18)27(21(17)15-19)13-5-11-24-12-10-23;/h6-9,14-16,24H,5,10-13,23H2,1-4H3;1H/q+1;/p-1. The van der Waals surface area contributed by atoms with Gasteiger partial charge in [0, 0.05) is 88.5 Å². The molecule has 0 aliphatic rings. The number of nitrogens with one attached hydrogen (secondary N) is 1. The lowest BCUT2D eigenvalue weighted by Gasteiger charge is -2.15. The Hall–Kier alpha value is -1.64. The minimum atomic E-state index is 0. The first kappa shape index (κ1) is 22.6. The van der Waals surface area contributed by atoms with Crippen LogP contribution in [0.25, 0.3) is 21.8 Å². The van der Waals surface area contributed by atoms with Crippen molar-refractivity contribution in [2.75, 3.05) is 57.6 Å². The molecule has 0 aliphatic carbocycles. The van der Waals surface area contributed by atoms with Crippen LogP contribution in [0.3, 0.4) is 0 Å². The number of aryl methyl sites for hydroxylation is 1. The minimum absolute atomic E-state index is 0. The second kappa shape index (κ2) is 10.2. The van der Waals surface area contributed by atoms with Crippen LogP contribution in [0, 0.1) is 0 Å². The Morgan fingerprint density at radius 3 is 1.82 bits per heavy atom. The van der Waals surface area contributed by atoms with Crippen molar-refractivity contribution in [3.63, 3.8) is 0 Å². The second-order valence-corrected chi connectivity index (χ2v) is 7.46. The fourth-order valence-corrected chi connectivity index (χ4v) is 3.46. The van der Waals surface area contributed by atoms with E-state index < -0.39 is 0 Å². The number of fused-ring (bicyclic) bond motifs is 2. The van der Waals surface area contributed by atoms with Gasteiger partial charge in [0.2, 0.25) is 11.0 Å². The van der Waals surface area contributed by atoms with Crippen molar-refractivity contribution in [1.82, 2.24) is 5.32 Å². The topological polar surface area (TPSA) is 48.4 Å². The van der Waals surface area contributed by atoms with Gasteiger partial charge in [-0.15, -0.1) is 0 Å². The van der Waals surface area contributed by atoms with Gasteiger partial charge in [0.25, 0.3) is 0 Å². The summed E-state index contributed by atoms with van der Waals surface area (Å²) in [5, 5.41) is 5.96. The Morgan fingerprint density at radius 1 is 0.821 bits per heavy atom. The monoisotopic (exact) mass is 493 g/mol. The van der Waals surface area contributed by atoms with Crippen LogP contribution in [-0.2, 0) is 6.54 Å². The third-order valence-electron chi connectivity index (χ3n) is 5.01. The number of hydrogen-bond acceptors (Lipinski definition) is 4. The van der Waals surface area contributed by atoms with Crippen molar-refractivity contribution in [1.29, 1.82) is 0 Å². The normalized spacial score (nSPS) is 10.9. The fourth-order valence-electron chi connectivity index (χ4n) is 3.46. The smallest absolute Gasteiger partial charge is 0.215 e. The van der Waals surface area contributed by atoms with Crippen LogP contribution in [0.15, 0.2) is 42.5 Å². The minimum Gasteiger partial charge on any atom is -1.00 e. The van der Waals surface area contributed by atoms with Crippen LogP contribution in [0.2, 0.25) is 0 Å². The molecular weight excluding hydrogens is 461 g/mol. The van der Waals surface area contributed by atoms with E-state index >= 15 is 0 Å². The predicted octanol–water partition coefficient (Wildman–Crippen LogP) is -0.645. The van der Waals surface area contributed by atoms with E-state index in [1.165, 1.54) is 33.2 Å². The zero-order chi connectivity index (χ0) is 19.4. The highest BCUT2D eigenvalue weighted by Crippen LogP contribution is 2.25. The van der Waals surface area contributed by atoms with E-state index in [0.29, 0.717) is 6.54 Å². The molecule has 0 atom stereocenters. The molecule has 0 fully saturated rings. The number of aromatic nitrogens is 1. The molecule has 0 saturated heterocycles. The molecule has 0 saturated carbocycles. The number of hydrogen-bond donors (Lipinski definition) is 2. The lowest BCUT2D eigenvalue weighted by atomic mass is 10.1. The SMILES string of the molecule is CN(C)c1ccc2cc3ccc(N(C)C)cc3[n+](CCCNCCN)c2c1.[I-]. The predicted molar refractivity (Wildman–Crippen MR) is 117 cm³/mol. The molecule has 1 heterocycles. The third-order valence-corrected chi connectivity index (χ3v) is 5.01. The van der Waals surface area contributed by atoms with Crippen LogP contribution in [0.1, 0.15) is 6.42 Å². The summed E-state index contributed by atoms with van der Waals surface area (Å²) in [6, 6.07) is 15.7. The highest BCUT2D eigenvalue weighted by Gasteiger charge is 2.17.